The van der Waals surface area contributed by atoms with Crippen molar-refractivity contribution in [1.29, 1.82) is 0 Å². The van der Waals surface area contributed by atoms with Gasteiger partial charge in [-0.25, -0.2) is 0 Å². The number of hydrogen-bond acceptors (Lipinski definition) is 3. The first-order valence-electron chi connectivity index (χ1n) is 5.04. The van der Waals surface area contributed by atoms with E-state index in [9.17, 15) is 9.59 Å². The largest absolute Gasteiger partial charge is 0.464 e. The molecule has 0 fully saturated rings. The van der Waals surface area contributed by atoms with Crippen molar-refractivity contribution in [3.05, 3.63) is 35.6 Å². The lowest BCUT2D eigenvalue weighted by molar-refractivity contribution is -0.129. The molecule has 0 spiro atoms. The third kappa shape index (κ3) is 1.31. The summed E-state index contributed by atoms with van der Waals surface area (Å²) >= 11 is 0. The quantitative estimate of drug-likeness (QED) is 0.671. The molecule has 0 radical (unpaired) electrons. The van der Waals surface area contributed by atoms with Gasteiger partial charge in [0.25, 0.3) is 0 Å². The molecule has 1 aliphatic rings. The number of nitrogens with one attached hydrogen (secondary N) is 1. The van der Waals surface area contributed by atoms with E-state index in [1.807, 2.05) is 18.2 Å². The zero-order valence-corrected chi connectivity index (χ0v) is 8.45. The molecular formula is C12H9NO3. The summed E-state index contributed by atoms with van der Waals surface area (Å²) in [5.41, 5.74) is 2.40. The van der Waals surface area contributed by atoms with E-state index in [-0.39, 0.29) is 24.7 Å². The standard InChI is InChI=1S/C12H9NO3/c14-10-5-8-2-1-7-3-4-16-12(7)9(8)6-11(15)13-10/h1-4H,5-6H2,(H,13,14,15). The Balaban J connectivity index is 2.26. The summed E-state index contributed by atoms with van der Waals surface area (Å²) in [4.78, 5) is 22.8. The second-order valence-electron chi connectivity index (χ2n) is 3.87. The van der Waals surface area contributed by atoms with Crippen LogP contribution in [-0.2, 0) is 22.4 Å². The van der Waals surface area contributed by atoms with Crippen LogP contribution in [0.15, 0.2) is 28.9 Å². The van der Waals surface area contributed by atoms with E-state index in [0.717, 1.165) is 16.5 Å². The monoisotopic (exact) mass is 215 g/mol. The van der Waals surface area contributed by atoms with Crippen molar-refractivity contribution in [2.24, 2.45) is 0 Å². The van der Waals surface area contributed by atoms with Crippen molar-refractivity contribution < 1.29 is 14.0 Å². The van der Waals surface area contributed by atoms with Gasteiger partial charge in [-0.1, -0.05) is 12.1 Å². The van der Waals surface area contributed by atoms with Gasteiger partial charge in [0.2, 0.25) is 11.8 Å². The van der Waals surface area contributed by atoms with E-state index in [1.165, 1.54) is 0 Å². The molecule has 2 aromatic rings. The summed E-state index contributed by atoms with van der Waals surface area (Å²) in [6.45, 7) is 0. The van der Waals surface area contributed by atoms with Crippen molar-refractivity contribution in [2.45, 2.75) is 12.8 Å². The summed E-state index contributed by atoms with van der Waals surface area (Å²) < 4.78 is 5.36. The molecule has 4 heteroatoms. The van der Waals surface area contributed by atoms with Gasteiger partial charge >= 0.3 is 0 Å². The van der Waals surface area contributed by atoms with Crippen LogP contribution in [0.2, 0.25) is 0 Å². The van der Waals surface area contributed by atoms with Gasteiger partial charge in [-0.2, -0.15) is 0 Å². The smallest absolute Gasteiger partial charge is 0.231 e. The molecular weight excluding hydrogens is 206 g/mol. The number of carbonyl (C=O) groups is 2. The number of amides is 2. The van der Waals surface area contributed by atoms with E-state index in [1.54, 1.807) is 6.26 Å². The number of fused-ring (bicyclic) bond motifs is 3. The predicted octanol–water partition coefficient (Wildman–Crippen LogP) is 1.17. The summed E-state index contributed by atoms with van der Waals surface area (Å²) in [6.07, 6.45) is 2.03. The zero-order valence-electron chi connectivity index (χ0n) is 8.45. The molecule has 3 rings (SSSR count). The van der Waals surface area contributed by atoms with E-state index in [2.05, 4.69) is 5.32 Å². The molecule has 0 saturated heterocycles. The third-order valence-electron chi connectivity index (χ3n) is 2.79. The molecule has 0 atom stereocenters. The van der Waals surface area contributed by atoms with Crippen LogP contribution in [0.3, 0.4) is 0 Å². The fraction of sp³-hybridized carbons (Fsp3) is 0.167. The molecule has 0 saturated carbocycles. The normalized spacial score (nSPS) is 15.8. The molecule has 2 amide bonds. The van der Waals surface area contributed by atoms with Gasteiger partial charge in [0, 0.05) is 10.9 Å². The van der Waals surface area contributed by atoms with Gasteiger partial charge in [-0.05, 0) is 11.6 Å². The minimum atomic E-state index is -0.271. The Morgan fingerprint density at radius 1 is 1.06 bits per heavy atom. The van der Waals surface area contributed by atoms with Crippen LogP contribution < -0.4 is 5.32 Å². The van der Waals surface area contributed by atoms with Gasteiger partial charge in [-0.15, -0.1) is 0 Å². The van der Waals surface area contributed by atoms with E-state index in [0.29, 0.717) is 5.58 Å². The van der Waals surface area contributed by atoms with Crippen LogP contribution in [0, 0.1) is 0 Å². The third-order valence-corrected chi connectivity index (χ3v) is 2.79. The van der Waals surface area contributed by atoms with Crippen molar-refractivity contribution in [3.8, 4) is 0 Å². The highest BCUT2D eigenvalue weighted by atomic mass is 16.3. The Morgan fingerprint density at radius 2 is 1.88 bits per heavy atom. The first-order valence-corrected chi connectivity index (χ1v) is 5.04. The fourth-order valence-corrected chi connectivity index (χ4v) is 2.07. The van der Waals surface area contributed by atoms with Crippen LogP contribution in [0.1, 0.15) is 11.1 Å². The average molecular weight is 215 g/mol. The van der Waals surface area contributed by atoms with E-state index < -0.39 is 0 Å². The molecule has 2 heterocycles. The maximum Gasteiger partial charge on any atom is 0.231 e. The van der Waals surface area contributed by atoms with Gasteiger partial charge in [0.1, 0.15) is 5.58 Å². The Bertz CT molecular complexity index is 597. The molecule has 1 aromatic carbocycles. The van der Waals surface area contributed by atoms with Crippen molar-refractivity contribution >= 4 is 22.8 Å². The summed E-state index contributed by atoms with van der Waals surface area (Å²) in [6, 6.07) is 5.63. The molecule has 4 nitrogen and oxygen atoms in total. The molecule has 1 aromatic heterocycles. The first-order chi connectivity index (χ1) is 7.74. The Labute approximate surface area is 91.2 Å². The van der Waals surface area contributed by atoms with E-state index >= 15 is 0 Å². The summed E-state index contributed by atoms with van der Waals surface area (Å²) in [7, 11) is 0. The molecule has 0 unspecified atom stereocenters. The Kier molecular flexibility index (Phi) is 1.83. The van der Waals surface area contributed by atoms with Crippen molar-refractivity contribution in [1.82, 2.24) is 5.32 Å². The minimum Gasteiger partial charge on any atom is -0.464 e. The highest BCUT2D eigenvalue weighted by Crippen LogP contribution is 2.25. The van der Waals surface area contributed by atoms with Gasteiger partial charge < -0.3 is 4.42 Å². The fourth-order valence-electron chi connectivity index (χ4n) is 2.07. The van der Waals surface area contributed by atoms with Crippen LogP contribution in [-0.4, -0.2) is 11.8 Å². The van der Waals surface area contributed by atoms with Crippen LogP contribution >= 0.6 is 0 Å². The minimum absolute atomic E-state index is 0.200. The number of rotatable bonds is 0. The summed E-state index contributed by atoms with van der Waals surface area (Å²) in [5.74, 6) is -0.526. The number of benzene rings is 1. The van der Waals surface area contributed by atoms with Crippen molar-refractivity contribution in [3.63, 3.8) is 0 Å². The predicted molar refractivity (Wildman–Crippen MR) is 56.8 cm³/mol. The number of imide groups is 1. The second-order valence-corrected chi connectivity index (χ2v) is 3.87. The molecule has 80 valence electrons. The van der Waals surface area contributed by atoms with Gasteiger partial charge in [0.15, 0.2) is 0 Å². The number of furan rings is 1. The van der Waals surface area contributed by atoms with Crippen LogP contribution in [0.25, 0.3) is 11.0 Å². The molecule has 16 heavy (non-hydrogen) atoms. The van der Waals surface area contributed by atoms with Crippen molar-refractivity contribution in [2.75, 3.05) is 0 Å². The average Bonchev–Trinajstić information content (AvgIpc) is 2.64. The van der Waals surface area contributed by atoms with E-state index in [4.69, 9.17) is 4.42 Å². The molecule has 1 N–H and O–H groups in total. The molecule has 0 bridgehead atoms. The zero-order chi connectivity index (χ0) is 11.1. The van der Waals surface area contributed by atoms with Gasteiger partial charge in [0.05, 0.1) is 19.1 Å². The Hall–Kier alpha value is -2.10. The maximum atomic E-state index is 11.4. The van der Waals surface area contributed by atoms with Crippen LogP contribution in [0.4, 0.5) is 0 Å². The highest BCUT2D eigenvalue weighted by molar-refractivity contribution is 6.01. The highest BCUT2D eigenvalue weighted by Gasteiger charge is 2.21. The lowest BCUT2D eigenvalue weighted by Gasteiger charge is -2.03. The topological polar surface area (TPSA) is 59.3 Å². The second kappa shape index (κ2) is 3.20. The maximum absolute atomic E-state index is 11.4. The lowest BCUT2D eigenvalue weighted by atomic mass is 10.0. The van der Waals surface area contributed by atoms with Gasteiger partial charge in [-0.3, -0.25) is 14.9 Å². The lowest BCUT2D eigenvalue weighted by Crippen LogP contribution is -2.30. The molecule has 1 aliphatic heterocycles. The number of hydrogen-bond donors (Lipinski definition) is 1. The summed E-state index contributed by atoms with van der Waals surface area (Å²) in [5, 5.41) is 3.29. The SMILES string of the molecule is O=C1Cc2ccc3ccoc3c2CC(=O)N1. The Morgan fingerprint density at radius 3 is 2.75 bits per heavy atom. The molecule has 0 aliphatic carbocycles. The number of carbonyl (C=O) groups excluding carboxylic acids is 2. The van der Waals surface area contributed by atoms with Crippen LogP contribution in [0.5, 0.6) is 0 Å². The first kappa shape index (κ1) is 9.15.